The smallest absolute Gasteiger partial charge is 0.279 e. The van der Waals surface area contributed by atoms with Gasteiger partial charge in [0.25, 0.3) is 11.6 Å². The highest BCUT2D eigenvalue weighted by molar-refractivity contribution is 5.99. The summed E-state index contributed by atoms with van der Waals surface area (Å²) in [5.41, 5.74) is -1.11. The first-order chi connectivity index (χ1) is 15.5. The van der Waals surface area contributed by atoms with Crippen molar-refractivity contribution in [1.82, 2.24) is 14.8 Å². The van der Waals surface area contributed by atoms with Crippen LogP contribution in [-0.4, -0.2) is 67.6 Å². The van der Waals surface area contributed by atoms with Crippen molar-refractivity contribution in [3.05, 3.63) is 69.7 Å². The molecule has 0 bridgehead atoms. The Morgan fingerprint density at radius 3 is 2.64 bits per heavy atom. The Labute approximate surface area is 187 Å². The maximum atomic E-state index is 13.4. The standard InChI is InChI=1S/C22H21FN4O6/c1-25-17(9-13-11-24-15-4-3-5-16(19(13)15)27(32)33)20(29)26(2)22(31,21(25)30)10-12-6-7-14(23)18(28)8-12/h3-8,11,17,24,28,31H,9-10H2,1-2H3/t17-,22+/m0/s1. The Bertz CT molecular complexity index is 1290. The third-order valence-electron chi connectivity index (χ3n) is 6.14. The number of phenols is 1. The number of piperazine rings is 1. The Hall–Kier alpha value is -3.99. The summed E-state index contributed by atoms with van der Waals surface area (Å²) >= 11 is 0. The van der Waals surface area contributed by atoms with Crippen LogP contribution in [-0.2, 0) is 22.4 Å². The van der Waals surface area contributed by atoms with Gasteiger partial charge in [-0.1, -0.05) is 12.1 Å². The minimum absolute atomic E-state index is 0.0102. The number of aliphatic hydroxyl groups is 1. The van der Waals surface area contributed by atoms with Gasteiger partial charge < -0.3 is 25.0 Å². The highest BCUT2D eigenvalue weighted by Crippen LogP contribution is 2.33. The van der Waals surface area contributed by atoms with E-state index in [2.05, 4.69) is 4.98 Å². The quantitative estimate of drug-likeness (QED) is 0.394. The van der Waals surface area contributed by atoms with E-state index in [-0.39, 0.29) is 24.1 Å². The zero-order valence-corrected chi connectivity index (χ0v) is 17.8. The fourth-order valence-electron chi connectivity index (χ4n) is 4.27. The lowest BCUT2D eigenvalue weighted by Gasteiger charge is -2.47. The van der Waals surface area contributed by atoms with Crippen molar-refractivity contribution in [2.45, 2.75) is 24.6 Å². The first kappa shape index (κ1) is 22.2. The molecular weight excluding hydrogens is 435 g/mol. The number of non-ortho nitro benzene ring substituents is 1. The summed E-state index contributed by atoms with van der Waals surface area (Å²) < 4.78 is 13.4. The van der Waals surface area contributed by atoms with Crippen LogP contribution in [0.3, 0.4) is 0 Å². The highest BCUT2D eigenvalue weighted by atomic mass is 19.1. The fourth-order valence-corrected chi connectivity index (χ4v) is 4.27. The molecule has 33 heavy (non-hydrogen) atoms. The fraction of sp³-hybridized carbons (Fsp3) is 0.273. The van der Waals surface area contributed by atoms with Gasteiger partial charge in [0.05, 0.1) is 15.8 Å². The number of nitro groups is 1. The van der Waals surface area contributed by atoms with E-state index in [4.69, 9.17) is 0 Å². The number of nitro benzene ring substituents is 1. The molecule has 172 valence electrons. The summed E-state index contributed by atoms with van der Waals surface area (Å²) in [5, 5.41) is 32.6. The Morgan fingerprint density at radius 1 is 1.24 bits per heavy atom. The summed E-state index contributed by atoms with van der Waals surface area (Å²) in [6, 6.07) is 6.95. The number of phenolic OH excluding ortho intramolecular Hbond substituents is 1. The number of likely N-dealkylation sites (N-methyl/N-ethyl adjacent to an activating group) is 2. The molecule has 2 atom stereocenters. The van der Waals surface area contributed by atoms with E-state index in [1.165, 1.54) is 26.2 Å². The topological polar surface area (TPSA) is 140 Å². The van der Waals surface area contributed by atoms with Gasteiger partial charge in [0.1, 0.15) is 6.04 Å². The molecule has 1 aromatic heterocycles. The summed E-state index contributed by atoms with van der Waals surface area (Å²) in [5.74, 6) is -2.83. The monoisotopic (exact) mass is 456 g/mol. The molecular formula is C22H21FN4O6. The number of rotatable bonds is 5. The Morgan fingerprint density at radius 2 is 1.97 bits per heavy atom. The number of carbonyl (C=O) groups excluding carboxylic acids is 2. The SMILES string of the molecule is CN1C(=O)[C@](O)(Cc2ccc(F)c(O)c2)N(C)C(=O)[C@@H]1Cc1c[nH]c2cccc([N+](=O)[O-])c12. The molecule has 0 aliphatic carbocycles. The normalized spacial score (nSPS) is 21.2. The van der Waals surface area contributed by atoms with Gasteiger partial charge in [-0.3, -0.25) is 19.7 Å². The largest absolute Gasteiger partial charge is 0.505 e. The predicted molar refractivity (Wildman–Crippen MR) is 115 cm³/mol. The van der Waals surface area contributed by atoms with Crippen molar-refractivity contribution in [1.29, 1.82) is 0 Å². The van der Waals surface area contributed by atoms with Crippen molar-refractivity contribution >= 4 is 28.4 Å². The number of aromatic nitrogens is 1. The molecule has 4 rings (SSSR count). The van der Waals surface area contributed by atoms with Crippen LogP contribution < -0.4 is 0 Å². The molecule has 0 spiro atoms. The first-order valence-corrected chi connectivity index (χ1v) is 10.0. The number of hydrogen-bond acceptors (Lipinski definition) is 6. The molecule has 1 aliphatic heterocycles. The molecule has 3 aromatic rings. The van der Waals surface area contributed by atoms with Crippen molar-refractivity contribution in [2.24, 2.45) is 0 Å². The maximum Gasteiger partial charge on any atom is 0.279 e. The molecule has 2 heterocycles. The van der Waals surface area contributed by atoms with Crippen LogP contribution in [0, 0.1) is 15.9 Å². The second-order valence-corrected chi connectivity index (χ2v) is 8.08. The Kier molecular flexibility index (Phi) is 5.29. The molecule has 2 aromatic carbocycles. The van der Waals surface area contributed by atoms with Crippen LogP contribution in [0.4, 0.5) is 10.1 Å². The van der Waals surface area contributed by atoms with E-state index >= 15 is 0 Å². The summed E-state index contributed by atoms with van der Waals surface area (Å²) in [6.07, 6.45) is 1.19. The molecule has 11 heteroatoms. The van der Waals surface area contributed by atoms with Gasteiger partial charge in [-0.2, -0.15) is 0 Å². The van der Waals surface area contributed by atoms with Crippen LogP contribution >= 0.6 is 0 Å². The molecule has 0 saturated carbocycles. The number of hydrogen-bond donors (Lipinski definition) is 3. The number of H-pyrrole nitrogens is 1. The van der Waals surface area contributed by atoms with Crippen molar-refractivity contribution in [2.75, 3.05) is 14.1 Å². The van der Waals surface area contributed by atoms with Gasteiger partial charge in [0.15, 0.2) is 11.6 Å². The lowest BCUT2D eigenvalue weighted by molar-refractivity contribution is -0.383. The molecule has 0 unspecified atom stereocenters. The van der Waals surface area contributed by atoms with E-state index in [0.29, 0.717) is 16.5 Å². The van der Waals surface area contributed by atoms with Crippen LogP contribution in [0.1, 0.15) is 11.1 Å². The van der Waals surface area contributed by atoms with Crippen LogP contribution in [0.25, 0.3) is 10.9 Å². The van der Waals surface area contributed by atoms with Crippen LogP contribution in [0.5, 0.6) is 5.75 Å². The second kappa shape index (κ2) is 7.85. The average molecular weight is 456 g/mol. The molecule has 1 saturated heterocycles. The number of fused-ring (bicyclic) bond motifs is 1. The van der Waals surface area contributed by atoms with E-state index < -0.39 is 40.1 Å². The van der Waals surface area contributed by atoms with E-state index in [1.807, 2.05) is 0 Å². The molecule has 2 amide bonds. The molecule has 0 radical (unpaired) electrons. The summed E-state index contributed by atoms with van der Waals surface area (Å²) in [4.78, 5) is 42.3. The number of aromatic hydroxyl groups is 1. The number of nitrogens with one attached hydrogen (secondary N) is 1. The van der Waals surface area contributed by atoms with Gasteiger partial charge in [0, 0.05) is 39.2 Å². The van der Waals surface area contributed by atoms with E-state index in [9.17, 15) is 34.3 Å². The lowest BCUT2D eigenvalue weighted by Crippen LogP contribution is -2.70. The number of benzene rings is 2. The summed E-state index contributed by atoms with van der Waals surface area (Å²) in [6.45, 7) is 0. The number of halogens is 1. The third kappa shape index (κ3) is 3.55. The zero-order chi connectivity index (χ0) is 24.1. The average Bonchev–Trinajstić information content (AvgIpc) is 3.20. The number of aromatic amines is 1. The van der Waals surface area contributed by atoms with Crippen molar-refractivity contribution in [3.63, 3.8) is 0 Å². The van der Waals surface area contributed by atoms with Gasteiger partial charge in [0.2, 0.25) is 11.6 Å². The van der Waals surface area contributed by atoms with E-state index in [1.54, 1.807) is 18.3 Å². The van der Waals surface area contributed by atoms with Gasteiger partial charge >= 0.3 is 0 Å². The van der Waals surface area contributed by atoms with Gasteiger partial charge in [-0.05, 0) is 29.3 Å². The molecule has 10 nitrogen and oxygen atoms in total. The molecule has 1 aliphatic rings. The zero-order valence-electron chi connectivity index (χ0n) is 17.8. The molecule has 1 fully saturated rings. The highest BCUT2D eigenvalue weighted by Gasteiger charge is 2.53. The van der Waals surface area contributed by atoms with Crippen molar-refractivity contribution < 1.29 is 29.1 Å². The Balaban J connectivity index is 1.66. The third-order valence-corrected chi connectivity index (χ3v) is 6.14. The van der Waals surface area contributed by atoms with Crippen LogP contribution in [0.2, 0.25) is 0 Å². The van der Waals surface area contributed by atoms with E-state index in [0.717, 1.165) is 21.9 Å². The summed E-state index contributed by atoms with van der Waals surface area (Å²) in [7, 11) is 2.65. The molecule has 3 N–H and O–H groups in total. The predicted octanol–water partition coefficient (Wildman–Crippen LogP) is 1.69. The number of amides is 2. The lowest BCUT2D eigenvalue weighted by atomic mass is 9.92. The number of nitrogens with zero attached hydrogens (tertiary/aromatic N) is 3. The van der Waals surface area contributed by atoms with Gasteiger partial charge in [-0.15, -0.1) is 0 Å². The number of carbonyl (C=O) groups is 2. The minimum atomic E-state index is -2.25. The van der Waals surface area contributed by atoms with Crippen molar-refractivity contribution in [3.8, 4) is 5.75 Å². The van der Waals surface area contributed by atoms with Crippen LogP contribution in [0.15, 0.2) is 42.6 Å². The first-order valence-electron chi connectivity index (χ1n) is 10.0. The van der Waals surface area contributed by atoms with Gasteiger partial charge in [-0.25, -0.2) is 4.39 Å². The second-order valence-electron chi connectivity index (χ2n) is 8.08. The minimum Gasteiger partial charge on any atom is -0.505 e. The maximum absolute atomic E-state index is 13.4.